The molecule has 0 unspecified atom stereocenters. The summed E-state index contributed by atoms with van der Waals surface area (Å²) in [4.78, 5) is 0.411. The molecule has 0 heterocycles. The molecule has 0 atom stereocenters. The summed E-state index contributed by atoms with van der Waals surface area (Å²) >= 11 is 0. The molecule has 2 nitrogen and oxygen atoms in total. The first kappa shape index (κ1) is 16.0. The molecular formula is C16H24O2S. The monoisotopic (exact) mass is 280 g/mol. The van der Waals surface area contributed by atoms with Crippen molar-refractivity contribution in [3.05, 3.63) is 42.0 Å². The summed E-state index contributed by atoms with van der Waals surface area (Å²) < 4.78 is 24.1. The van der Waals surface area contributed by atoms with Crippen LogP contribution in [0.4, 0.5) is 0 Å². The van der Waals surface area contributed by atoms with Gasteiger partial charge >= 0.3 is 0 Å². The van der Waals surface area contributed by atoms with Gasteiger partial charge in [0.1, 0.15) is 0 Å². The normalized spacial score (nSPS) is 12.1. The first-order chi connectivity index (χ1) is 9.06. The second-order valence-electron chi connectivity index (χ2n) is 4.92. The summed E-state index contributed by atoms with van der Waals surface area (Å²) in [7, 11) is -3.16. The van der Waals surface area contributed by atoms with Gasteiger partial charge in [-0.3, -0.25) is 0 Å². The summed E-state index contributed by atoms with van der Waals surface area (Å²) in [5, 5.41) is 0. The Balaban J connectivity index is 2.43. The van der Waals surface area contributed by atoms with E-state index in [0.29, 0.717) is 4.90 Å². The molecule has 0 amide bonds. The van der Waals surface area contributed by atoms with Gasteiger partial charge in [-0.15, -0.1) is 0 Å². The maximum absolute atomic E-state index is 12.0. The van der Waals surface area contributed by atoms with Crippen LogP contribution in [0.2, 0.25) is 0 Å². The first-order valence-corrected chi connectivity index (χ1v) is 8.66. The molecule has 0 radical (unpaired) electrons. The van der Waals surface area contributed by atoms with Gasteiger partial charge in [0.25, 0.3) is 0 Å². The maximum atomic E-state index is 12.0. The Labute approximate surface area is 117 Å². The largest absolute Gasteiger partial charge is 0.223 e. The van der Waals surface area contributed by atoms with Gasteiger partial charge in [0, 0.05) is 0 Å². The van der Waals surface area contributed by atoms with Gasteiger partial charge in [0.05, 0.1) is 10.6 Å². The zero-order chi connectivity index (χ0) is 14.1. The lowest BCUT2D eigenvalue weighted by atomic mass is 10.1. The van der Waals surface area contributed by atoms with Crippen molar-refractivity contribution < 1.29 is 8.42 Å². The standard InChI is InChI=1S/C16H24O2S/c1-3-4-5-6-7-8-9-14-19(17,18)16-12-10-15(2)11-13-16/h8-13H,3-7,14H2,1-2H3/b9-8+. The van der Waals surface area contributed by atoms with Gasteiger partial charge in [0.15, 0.2) is 9.84 Å². The van der Waals surface area contributed by atoms with E-state index in [2.05, 4.69) is 6.92 Å². The Bertz CT molecular complexity index is 484. The highest BCUT2D eigenvalue weighted by molar-refractivity contribution is 7.91. The summed E-state index contributed by atoms with van der Waals surface area (Å²) in [6, 6.07) is 7.03. The molecule has 0 aliphatic heterocycles. The van der Waals surface area contributed by atoms with E-state index in [1.807, 2.05) is 25.1 Å². The summed E-state index contributed by atoms with van der Waals surface area (Å²) in [5.74, 6) is 0.101. The van der Waals surface area contributed by atoms with Crippen molar-refractivity contribution in [2.24, 2.45) is 0 Å². The quantitative estimate of drug-likeness (QED) is 0.525. The van der Waals surface area contributed by atoms with Crippen LogP contribution in [0.3, 0.4) is 0 Å². The molecule has 0 spiro atoms. The number of allylic oxidation sites excluding steroid dienone is 1. The van der Waals surface area contributed by atoms with Crippen molar-refractivity contribution in [2.75, 3.05) is 5.75 Å². The lowest BCUT2D eigenvalue weighted by Gasteiger charge is -2.01. The average Bonchev–Trinajstić information content (AvgIpc) is 2.38. The molecule has 106 valence electrons. The molecule has 1 aromatic rings. The Morgan fingerprint density at radius 3 is 2.32 bits per heavy atom. The van der Waals surface area contributed by atoms with E-state index in [0.717, 1.165) is 18.4 Å². The van der Waals surface area contributed by atoms with Crippen molar-refractivity contribution in [1.82, 2.24) is 0 Å². The van der Waals surface area contributed by atoms with E-state index in [9.17, 15) is 8.42 Å². The highest BCUT2D eigenvalue weighted by atomic mass is 32.2. The molecule has 0 aliphatic carbocycles. The highest BCUT2D eigenvalue weighted by Gasteiger charge is 2.11. The number of unbranched alkanes of at least 4 members (excludes halogenated alkanes) is 4. The zero-order valence-corrected chi connectivity index (χ0v) is 12.7. The van der Waals surface area contributed by atoms with E-state index >= 15 is 0 Å². The Hall–Kier alpha value is -1.09. The fourth-order valence-electron chi connectivity index (χ4n) is 1.84. The molecule has 3 heteroatoms. The van der Waals surface area contributed by atoms with Crippen LogP contribution in [0, 0.1) is 6.92 Å². The van der Waals surface area contributed by atoms with Gasteiger partial charge in [-0.1, -0.05) is 56.0 Å². The number of rotatable bonds is 8. The smallest absolute Gasteiger partial charge is 0.181 e. The molecule has 0 fully saturated rings. The van der Waals surface area contributed by atoms with E-state index < -0.39 is 9.84 Å². The highest BCUT2D eigenvalue weighted by Crippen LogP contribution is 2.12. The first-order valence-electron chi connectivity index (χ1n) is 7.00. The van der Waals surface area contributed by atoms with Crippen LogP contribution in [0.15, 0.2) is 41.3 Å². The fraction of sp³-hybridized carbons (Fsp3) is 0.500. The SMILES string of the molecule is CCCCCC/C=C/CS(=O)(=O)c1ccc(C)cc1. The molecule has 0 saturated heterocycles. The van der Waals surface area contributed by atoms with Crippen LogP contribution in [0.25, 0.3) is 0 Å². The molecule has 0 saturated carbocycles. The van der Waals surface area contributed by atoms with E-state index in [1.54, 1.807) is 18.2 Å². The lowest BCUT2D eigenvalue weighted by Crippen LogP contribution is -2.04. The van der Waals surface area contributed by atoms with Gasteiger partial charge in [-0.2, -0.15) is 0 Å². The van der Waals surface area contributed by atoms with Crippen molar-refractivity contribution in [3.8, 4) is 0 Å². The third-order valence-corrected chi connectivity index (χ3v) is 4.71. The second-order valence-corrected chi connectivity index (χ2v) is 6.95. The number of aryl methyl sites for hydroxylation is 1. The molecule has 0 bridgehead atoms. The molecule has 0 aromatic heterocycles. The van der Waals surface area contributed by atoms with E-state index in [1.165, 1.54) is 19.3 Å². The number of hydrogen-bond acceptors (Lipinski definition) is 2. The topological polar surface area (TPSA) is 34.1 Å². The van der Waals surface area contributed by atoms with Gasteiger partial charge in [-0.05, 0) is 31.9 Å². The summed E-state index contributed by atoms with van der Waals surface area (Å²) in [6.07, 6.45) is 9.60. The minimum atomic E-state index is -3.16. The second kappa shape index (κ2) is 8.16. The van der Waals surface area contributed by atoms with Crippen LogP contribution in [-0.4, -0.2) is 14.2 Å². The predicted octanol–water partition coefficient (Wildman–Crippen LogP) is 4.30. The summed E-state index contributed by atoms with van der Waals surface area (Å²) in [6.45, 7) is 4.14. The van der Waals surface area contributed by atoms with E-state index in [-0.39, 0.29) is 5.75 Å². The Kier molecular flexibility index (Phi) is 6.85. The minimum absolute atomic E-state index is 0.101. The Morgan fingerprint density at radius 2 is 1.68 bits per heavy atom. The molecular weight excluding hydrogens is 256 g/mol. The van der Waals surface area contributed by atoms with Crippen molar-refractivity contribution >= 4 is 9.84 Å². The van der Waals surface area contributed by atoms with Crippen LogP contribution >= 0.6 is 0 Å². The predicted molar refractivity (Wildman–Crippen MR) is 81.1 cm³/mol. The van der Waals surface area contributed by atoms with Crippen LogP contribution < -0.4 is 0 Å². The van der Waals surface area contributed by atoms with Crippen molar-refractivity contribution in [1.29, 1.82) is 0 Å². The van der Waals surface area contributed by atoms with Crippen molar-refractivity contribution in [3.63, 3.8) is 0 Å². The third kappa shape index (κ3) is 6.06. The molecule has 1 aromatic carbocycles. The number of sulfone groups is 1. The summed E-state index contributed by atoms with van der Waals surface area (Å²) in [5.41, 5.74) is 1.07. The maximum Gasteiger partial charge on any atom is 0.181 e. The lowest BCUT2D eigenvalue weighted by molar-refractivity contribution is 0.599. The molecule has 1 rings (SSSR count). The molecule has 19 heavy (non-hydrogen) atoms. The molecule has 0 N–H and O–H groups in total. The third-order valence-electron chi connectivity index (χ3n) is 3.09. The van der Waals surface area contributed by atoms with Crippen LogP contribution in [0.5, 0.6) is 0 Å². The minimum Gasteiger partial charge on any atom is -0.223 e. The van der Waals surface area contributed by atoms with E-state index in [4.69, 9.17) is 0 Å². The van der Waals surface area contributed by atoms with Crippen LogP contribution in [-0.2, 0) is 9.84 Å². The Morgan fingerprint density at radius 1 is 1.00 bits per heavy atom. The van der Waals surface area contributed by atoms with Crippen molar-refractivity contribution in [2.45, 2.75) is 50.8 Å². The fourth-order valence-corrected chi connectivity index (χ4v) is 2.98. The number of benzene rings is 1. The molecule has 0 aliphatic rings. The van der Waals surface area contributed by atoms with Gasteiger partial charge < -0.3 is 0 Å². The van der Waals surface area contributed by atoms with Gasteiger partial charge in [0.2, 0.25) is 0 Å². The number of hydrogen-bond donors (Lipinski definition) is 0. The zero-order valence-electron chi connectivity index (χ0n) is 11.9. The van der Waals surface area contributed by atoms with Gasteiger partial charge in [-0.25, -0.2) is 8.42 Å². The van der Waals surface area contributed by atoms with Crippen LogP contribution in [0.1, 0.15) is 44.6 Å². The average molecular weight is 280 g/mol.